The lowest BCUT2D eigenvalue weighted by Gasteiger charge is -2.13. The molecule has 0 radical (unpaired) electrons. The number of rotatable bonds is 1. The molecule has 2 heteroatoms. The first-order chi connectivity index (χ1) is 5.54. The molecule has 1 nitrogen and oxygen atoms in total. The van der Waals surface area contributed by atoms with Gasteiger partial charge >= 0.3 is 0 Å². The molecule has 1 rings (SSSR count). The summed E-state index contributed by atoms with van der Waals surface area (Å²) in [5.41, 5.74) is 9.19. The highest BCUT2D eigenvalue weighted by atomic mass is 79.9. The summed E-state index contributed by atoms with van der Waals surface area (Å²) in [5, 5.41) is 0. The fourth-order valence-corrected chi connectivity index (χ4v) is 2.31. The van der Waals surface area contributed by atoms with E-state index in [2.05, 4.69) is 36.7 Å². The first-order valence-corrected chi connectivity index (χ1v) is 4.87. The number of nitrogen functional groups attached to an aromatic ring is 1. The Morgan fingerprint density at radius 1 is 1.33 bits per heavy atom. The van der Waals surface area contributed by atoms with Gasteiger partial charge in [0.05, 0.1) is 0 Å². The molecule has 0 aromatic heterocycles. The molecular weight excluding hydrogens is 214 g/mol. The molecule has 12 heavy (non-hydrogen) atoms. The van der Waals surface area contributed by atoms with Crippen LogP contribution in [0.1, 0.15) is 30.9 Å². The van der Waals surface area contributed by atoms with Crippen LogP contribution < -0.4 is 5.73 Å². The third-order valence-corrected chi connectivity index (χ3v) is 2.77. The van der Waals surface area contributed by atoms with Crippen molar-refractivity contribution in [3.8, 4) is 0 Å². The second-order valence-electron chi connectivity index (χ2n) is 3.33. The lowest BCUT2D eigenvalue weighted by atomic mass is 9.97. The van der Waals surface area contributed by atoms with E-state index < -0.39 is 0 Å². The highest BCUT2D eigenvalue weighted by Gasteiger charge is 2.09. The summed E-state index contributed by atoms with van der Waals surface area (Å²) in [6.45, 7) is 6.41. The van der Waals surface area contributed by atoms with Crippen molar-refractivity contribution in [2.24, 2.45) is 0 Å². The van der Waals surface area contributed by atoms with Crippen LogP contribution in [0.25, 0.3) is 0 Å². The van der Waals surface area contributed by atoms with Gasteiger partial charge in [-0.15, -0.1) is 0 Å². The number of halogens is 1. The lowest BCUT2D eigenvalue weighted by molar-refractivity contribution is 0.851. The van der Waals surface area contributed by atoms with Crippen molar-refractivity contribution in [2.45, 2.75) is 26.7 Å². The molecule has 0 aliphatic heterocycles. The normalized spacial score (nSPS) is 10.8. The fourth-order valence-electron chi connectivity index (χ4n) is 1.42. The maximum Gasteiger partial charge on any atom is 0.0347 e. The number of anilines is 1. The van der Waals surface area contributed by atoms with E-state index in [0.717, 1.165) is 10.2 Å². The molecule has 0 saturated heterocycles. The van der Waals surface area contributed by atoms with Crippen molar-refractivity contribution in [1.29, 1.82) is 0 Å². The molecule has 66 valence electrons. The van der Waals surface area contributed by atoms with Crippen molar-refractivity contribution < 1.29 is 0 Å². The molecule has 0 spiro atoms. The van der Waals surface area contributed by atoms with Crippen LogP contribution in [0.4, 0.5) is 5.69 Å². The Hall–Kier alpha value is -0.500. The van der Waals surface area contributed by atoms with Crippen molar-refractivity contribution in [2.75, 3.05) is 5.73 Å². The van der Waals surface area contributed by atoms with Crippen LogP contribution in [0.15, 0.2) is 16.6 Å². The molecule has 0 unspecified atom stereocenters. The van der Waals surface area contributed by atoms with E-state index in [-0.39, 0.29) is 0 Å². The predicted octanol–water partition coefficient (Wildman–Crippen LogP) is 3.46. The van der Waals surface area contributed by atoms with Crippen molar-refractivity contribution in [1.82, 2.24) is 0 Å². The van der Waals surface area contributed by atoms with E-state index in [4.69, 9.17) is 5.73 Å². The van der Waals surface area contributed by atoms with Crippen LogP contribution in [0.2, 0.25) is 0 Å². The molecular formula is C10H14BrN. The zero-order valence-corrected chi connectivity index (χ0v) is 9.27. The molecule has 0 bridgehead atoms. The van der Waals surface area contributed by atoms with Crippen LogP contribution >= 0.6 is 15.9 Å². The van der Waals surface area contributed by atoms with E-state index >= 15 is 0 Å². The van der Waals surface area contributed by atoms with Gasteiger partial charge in [0.15, 0.2) is 0 Å². The fraction of sp³-hybridized carbons (Fsp3) is 0.400. The Balaban J connectivity index is 3.33. The van der Waals surface area contributed by atoms with E-state index in [1.165, 1.54) is 11.1 Å². The molecule has 2 N–H and O–H groups in total. The van der Waals surface area contributed by atoms with Gasteiger partial charge in [0, 0.05) is 10.2 Å². The molecule has 0 fully saturated rings. The Labute approximate surface area is 82.1 Å². The van der Waals surface area contributed by atoms with Gasteiger partial charge in [-0.25, -0.2) is 0 Å². The predicted molar refractivity (Wildman–Crippen MR) is 57.4 cm³/mol. The highest BCUT2D eigenvalue weighted by Crippen LogP contribution is 2.30. The largest absolute Gasteiger partial charge is 0.399 e. The minimum Gasteiger partial charge on any atom is -0.399 e. The Morgan fingerprint density at radius 2 is 1.92 bits per heavy atom. The monoisotopic (exact) mass is 227 g/mol. The SMILES string of the molecule is Cc1c(N)ccc(Br)c1C(C)C. The third-order valence-electron chi connectivity index (χ3n) is 2.08. The highest BCUT2D eigenvalue weighted by molar-refractivity contribution is 9.10. The Morgan fingerprint density at radius 3 is 2.33 bits per heavy atom. The van der Waals surface area contributed by atoms with Crippen LogP contribution in [0, 0.1) is 6.92 Å². The van der Waals surface area contributed by atoms with Crippen LogP contribution in [0.5, 0.6) is 0 Å². The summed E-state index contributed by atoms with van der Waals surface area (Å²) in [5.74, 6) is 0.517. The number of nitrogens with two attached hydrogens (primary N) is 1. The van der Waals surface area contributed by atoms with Gasteiger partial charge in [0.1, 0.15) is 0 Å². The van der Waals surface area contributed by atoms with E-state index in [1.807, 2.05) is 12.1 Å². The van der Waals surface area contributed by atoms with Crippen molar-refractivity contribution in [3.05, 3.63) is 27.7 Å². The summed E-state index contributed by atoms with van der Waals surface area (Å²) in [4.78, 5) is 0. The molecule has 0 heterocycles. The van der Waals surface area contributed by atoms with Gasteiger partial charge < -0.3 is 5.73 Å². The lowest BCUT2D eigenvalue weighted by Crippen LogP contribution is -1.98. The summed E-state index contributed by atoms with van der Waals surface area (Å²) in [7, 11) is 0. The summed E-state index contributed by atoms with van der Waals surface area (Å²) in [6.07, 6.45) is 0. The molecule has 0 aliphatic carbocycles. The van der Waals surface area contributed by atoms with Gasteiger partial charge in [-0.2, -0.15) is 0 Å². The second kappa shape index (κ2) is 3.48. The molecule has 1 aromatic carbocycles. The molecule has 0 aliphatic rings. The summed E-state index contributed by atoms with van der Waals surface area (Å²) in [6, 6.07) is 3.95. The second-order valence-corrected chi connectivity index (χ2v) is 4.18. The molecule has 0 saturated carbocycles. The number of benzene rings is 1. The Kier molecular flexibility index (Phi) is 2.78. The Bertz CT molecular complexity index is 292. The third kappa shape index (κ3) is 1.63. The van der Waals surface area contributed by atoms with Gasteiger partial charge in [-0.3, -0.25) is 0 Å². The summed E-state index contributed by atoms with van der Waals surface area (Å²) < 4.78 is 1.16. The molecule has 1 aromatic rings. The van der Waals surface area contributed by atoms with Crippen LogP contribution in [0.3, 0.4) is 0 Å². The smallest absolute Gasteiger partial charge is 0.0347 e. The maximum absolute atomic E-state index is 5.81. The maximum atomic E-state index is 5.81. The van der Waals surface area contributed by atoms with Gasteiger partial charge in [-0.05, 0) is 36.1 Å². The zero-order valence-electron chi connectivity index (χ0n) is 7.69. The number of hydrogen-bond donors (Lipinski definition) is 1. The van der Waals surface area contributed by atoms with E-state index in [0.29, 0.717) is 5.92 Å². The standard InChI is InChI=1S/C10H14BrN/c1-6(2)10-7(3)9(12)5-4-8(10)11/h4-6H,12H2,1-3H3. The molecule has 0 amide bonds. The van der Waals surface area contributed by atoms with Gasteiger partial charge in [0.25, 0.3) is 0 Å². The first kappa shape index (κ1) is 9.59. The van der Waals surface area contributed by atoms with E-state index in [1.54, 1.807) is 0 Å². The average Bonchev–Trinajstić information content (AvgIpc) is 1.97. The number of hydrogen-bond acceptors (Lipinski definition) is 1. The van der Waals surface area contributed by atoms with Gasteiger partial charge in [-0.1, -0.05) is 29.8 Å². The average molecular weight is 228 g/mol. The van der Waals surface area contributed by atoms with Crippen LogP contribution in [-0.2, 0) is 0 Å². The van der Waals surface area contributed by atoms with Crippen molar-refractivity contribution in [3.63, 3.8) is 0 Å². The zero-order chi connectivity index (χ0) is 9.30. The minimum absolute atomic E-state index is 0.517. The van der Waals surface area contributed by atoms with Crippen LogP contribution in [-0.4, -0.2) is 0 Å². The minimum atomic E-state index is 0.517. The molecule has 0 atom stereocenters. The summed E-state index contributed by atoms with van der Waals surface area (Å²) >= 11 is 3.53. The quantitative estimate of drug-likeness (QED) is 0.732. The van der Waals surface area contributed by atoms with Crippen molar-refractivity contribution >= 4 is 21.6 Å². The van der Waals surface area contributed by atoms with E-state index in [9.17, 15) is 0 Å². The van der Waals surface area contributed by atoms with Gasteiger partial charge in [0.2, 0.25) is 0 Å². The topological polar surface area (TPSA) is 26.0 Å². The first-order valence-electron chi connectivity index (χ1n) is 4.08.